The first-order valence-electron chi connectivity index (χ1n) is 8.64. The molecule has 1 heterocycles. The molecule has 0 bridgehead atoms. The predicted molar refractivity (Wildman–Crippen MR) is 106 cm³/mol. The summed E-state index contributed by atoms with van der Waals surface area (Å²) in [4.78, 5) is 43.5. The number of benzene rings is 1. The van der Waals surface area contributed by atoms with Crippen LogP contribution in [0.1, 0.15) is 22.8 Å². The molecule has 1 aromatic rings. The fraction of sp³-hybridized carbons (Fsp3) is 0.294. The average Bonchev–Trinajstić information content (AvgIpc) is 2.71. The van der Waals surface area contributed by atoms with Crippen molar-refractivity contribution in [3.8, 4) is 11.8 Å². The number of nitro groups is 1. The van der Waals surface area contributed by atoms with Gasteiger partial charge in [0.05, 0.1) is 35.8 Å². The van der Waals surface area contributed by atoms with Crippen LogP contribution in [-0.2, 0) is 24.2 Å². The summed E-state index contributed by atoms with van der Waals surface area (Å²) in [7, 11) is -3.18. The Kier molecular flexibility index (Phi) is 7.13. The van der Waals surface area contributed by atoms with Gasteiger partial charge in [0.1, 0.15) is 5.75 Å². The second-order valence-electron chi connectivity index (χ2n) is 6.06. The van der Waals surface area contributed by atoms with E-state index in [4.69, 9.17) is 25.3 Å². The first kappa shape index (κ1) is 24.2. The molecule has 0 saturated carbocycles. The number of amides is 1. The van der Waals surface area contributed by atoms with E-state index in [1.807, 2.05) is 0 Å². The third-order valence-corrected chi connectivity index (χ3v) is 4.94. The SMILES string of the molecule is CCOC(=O)C1=NC(S(C)(=O)=O)N(OC)C(Oc2cc(C#N)ccc2C(N)=O)=C1[N+](=O)[O-]. The number of aliphatic imine (C=N–C) groups is 1. The summed E-state index contributed by atoms with van der Waals surface area (Å²) in [6, 6.07) is 5.21. The molecule has 14 nitrogen and oxygen atoms in total. The van der Waals surface area contributed by atoms with Crippen molar-refractivity contribution in [2.45, 2.75) is 12.4 Å². The highest BCUT2D eigenvalue weighted by atomic mass is 32.2. The van der Waals surface area contributed by atoms with Gasteiger partial charge in [-0.15, -0.1) is 0 Å². The van der Waals surface area contributed by atoms with Gasteiger partial charge in [-0.3, -0.25) is 19.7 Å². The first-order chi connectivity index (χ1) is 15.0. The van der Waals surface area contributed by atoms with E-state index in [1.165, 1.54) is 13.0 Å². The lowest BCUT2D eigenvalue weighted by atomic mass is 10.1. The van der Waals surface area contributed by atoms with Crippen molar-refractivity contribution in [1.82, 2.24) is 5.06 Å². The van der Waals surface area contributed by atoms with Gasteiger partial charge in [-0.25, -0.2) is 18.2 Å². The molecule has 32 heavy (non-hydrogen) atoms. The number of hydrogen-bond donors (Lipinski definition) is 1. The Bertz CT molecular complexity index is 1180. The van der Waals surface area contributed by atoms with Gasteiger partial charge in [0.25, 0.3) is 11.4 Å². The fourth-order valence-corrected chi connectivity index (χ4v) is 3.39. The standard InChI is InChI=1S/C17H17N5O9S/c1-4-30-16(24)12-13(22(25)26)15(21(29-2)17(20-12)32(3,27)28)31-11-7-9(8-18)5-6-10(11)14(19)23/h5-7,17H,4H2,1-3H3,(H2,19,23). The number of nitrogens with two attached hydrogens (primary N) is 1. The summed E-state index contributed by atoms with van der Waals surface area (Å²) < 4.78 is 34.8. The third-order valence-electron chi connectivity index (χ3n) is 3.88. The van der Waals surface area contributed by atoms with Crippen LogP contribution in [-0.4, -0.2) is 61.5 Å². The molecule has 2 N–H and O–H groups in total. The molecule has 170 valence electrons. The van der Waals surface area contributed by atoms with Crippen molar-refractivity contribution in [2.75, 3.05) is 20.0 Å². The van der Waals surface area contributed by atoms with E-state index in [2.05, 4.69) is 4.99 Å². The summed E-state index contributed by atoms with van der Waals surface area (Å²) in [5.74, 6) is -3.62. The maximum Gasteiger partial charge on any atom is 0.364 e. The minimum atomic E-state index is -4.16. The lowest BCUT2D eigenvalue weighted by molar-refractivity contribution is -0.421. The van der Waals surface area contributed by atoms with Crippen molar-refractivity contribution in [3.05, 3.63) is 51.0 Å². The Morgan fingerprint density at radius 1 is 1.41 bits per heavy atom. The lowest BCUT2D eigenvalue weighted by Gasteiger charge is -2.31. The molecule has 1 unspecified atom stereocenters. The highest BCUT2D eigenvalue weighted by Gasteiger charge is 2.47. The third kappa shape index (κ3) is 4.82. The summed E-state index contributed by atoms with van der Waals surface area (Å²) in [6.07, 6.45) is 0.746. The molecule has 0 saturated heterocycles. The van der Waals surface area contributed by atoms with Gasteiger partial charge in [0, 0.05) is 6.26 Å². The van der Waals surface area contributed by atoms with E-state index in [1.54, 1.807) is 6.07 Å². The highest BCUT2D eigenvalue weighted by molar-refractivity contribution is 7.91. The molecule has 15 heteroatoms. The number of rotatable bonds is 8. The van der Waals surface area contributed by atoms with Gasteiger partial charge in [0.15, 0.2) is 9.84 Å². The Balaban J connectivity index is 2.84. The first-order valence-corrected chi connectivity index (χ1v) is 10.6. The number of hydrogen-bond acceptors (Lipinski definition) is 12. The molecule has 0 radical (unpaired) electrons. The Morgan fingerprint density at radius 2 is 2.06 bits per heavy atom. The summed E-state index contributed by atoms with van der Waals surface area (Å²) in [6.45, 7) is 1.24. The van der Waals surface area contributed by atoms with Crippen molar-refractivity contribution in [3.63, 3.8) is 0 Å². The van der Waals surface area contributed by atoms with Crippen LogP contribution < -0.4 is 10.5 Å². The molecular weight excluding hydrogens is 450 g/mol. The van der Waals surface area contributed by atoms with Gasteiger partial charge >= 0.3 is 17.5 Å². The number of hydroxylamine groups is 2. The number of sulfone groups is 1. The lowest BCUT2D eigenvalue weighted by Crippen LogP contribution is -2.47. The Morgan fingerprint density at radius 3 is 2.53 bits per heavy atom. The van der Waals surface area contributed by atoms with E-state index in [9.17, 15) is 28.1 Å². The van der Waals surface area contributed by atoms with Gasteiger partial charge < -0.3 is 15.2 Å². The number of carbonyl (C=O) groups excluding carboxylic acids is 2. The molecule has 2 rings (SSSR count). The Hall–Kier alpha value is -4.03. The molecule has 1 aromatic carbocycles. The summed E-state index contributed by atoms with van der Waals surface area (Å²) in [5, 5.41) is 21.4. The molecule has 0 spiro atoms. The van der Waals surface area contributed by atoms with Crippen LogP contribution in [0.15, 0.2) is 34.8 Å². The van der Waals surface area contributed by atoms with Crippen molar-refractivity contribution in [2.24, 2.45) is 10.7 Å². The topological polar surface area (TPSA) is 205 Å². The number of nitrogens with zero attached hydrogens (tertiary/aromatic N) is 4. The number of primary amides is 1. The van der Waals surface area contributed by atoms with Crippen LogP contribution in [0, 0.1) is 21.4 Å². The number of nitriles is 1. The molecular formula is C17H17N5O9S. The van der Waals surface area contributed by atoms with Crippen LogP contribution >= 0.6 is 0 Å². The zero-order chi connectivity index (χ0) is 24.2. The van der Waals surface area contributed by atoms with Crippen LogP contribution in [0.3, 0.4) is 0 Å². The van der Waals surface area contributed by atoms with E-state index in [0.29, 0.717) is 5.06 Å². The van der Waals surface area contributed by atoms with Crippen LogP contribution in [0.2, 0.25) is 0 Å². The minimum Gasteiger partial charge on any atom is -0.461 e. The quantitative estimate of drug-likeness (QED) is 0.298. The van der Waals surface area contributed by atoms with Crippen molar-refractivity contribution < 1.29 is 37.2 Å². The second-order valence-corrected chi connectivity index (χ2v) is 8.14. The van der Waals surface area contributed by atoms with E-state index >= 15 is 0 Å². The molecule has 1 aliphatic rings. The number of ether oxygens (including phenoxy) is 2. The average molecular weight is 467 g/mol. The summed E-state index contributed by atoms with van der Waals surface area (Å²) >= 11 is 0. The van der Waals surface area contributed by atoms with Gasteiger partial charge in [-0.1, -0.05) is 0 Å². The van der Waals surface area contributed by atoms with Gasteiger partial charge in [-0.2, -0.15) is 10.3 Å². The van der Waals surface area contributed by atoms with Crippen LogP contribution in [0.25, 0.3) is 0 Å². The smallest absolute Gasteiger partial charge is 0.364 e. The molecule has 0 aromatic heterocycles. The normalized spacial score (nSPS) is 16.1. The zero-order valence-electron chi connectivity index (χ0n) is 17.0. The monoisotopic (exact) mass is 467 g/mol. The number of esters is 1. The van der Waals surface area contributed by atoms with E-state index in [0.717, 1.165) is 25.5 Å². The van der Waals surface area contributed by atoms with E-state index in [-0.39, 0.29) is 17.7 Å². The number of carbonyl (C=O) groups is 2. The fourth-order valence-electron chi connectivity index (χ4n) is 2.56. The van der Waals surface area contributed by atoms with E-state index < -0.39 is 55.2 Å². The zero-order valence-corrected chi connectivity index (χ0v) is 17.8. The van der Waals surface area contributed by atoms with Crippen molar-refractivity contribution >= 4 is 27.4 Å². The molecule has 1 amide bonds. The molecule has 1 aliphatic heterocycles. The van der Waals surface area contributed by atoms with Crippen LogP contribution in [0.4, 0.5) is 0 Å². The van der Waals surface area contributed by atoms with Crippen LogP contribution in [0.5, 0.6) is 5.75 Å². The summed E-state index contributed by atoms with van der Waals surface area (Å²) in [5.41, 5.74) is 0.985. The maximum atomic E-state index is 12.3. The molecule has 0 fully saturated rings. The predicted octanol–water partition coefficient (Wildman–Crippen LogP) is -0.309. The second kappa shape index (κ2) is 9.41. The minimum absolute atomic E-state index is 0.00743. The molecule has 0 aliphatic carbocycles. The highest BCUT2D eigenvalue weighted by Crippen LogP contribution is 2.31. The van der Waals surface area contributed by atoms with Gasteiger partial charge in [0.2, 0.25) is 5.71 Å². The molecule has 1 atom stereocenters. The largest absolute Gasteiger partial charge is 0.461 e. The Labute approximate surface area is 181 Å². The van der Waals surface area contributed by atoms with Crippen molar-refractivity contribution in [1.29, 1.82) is 5.26 Å². The maximum absolute atomic E-state index is 12.3. The van der Waals surface area contributed by atoms with Gasteiger partial charge in [-0.05, 0) is 25.1 Å².